The summed E-state index contributed by atoms with van der Waals surface area (Å²) in [4.78, 5) is 1.50. The molecule has 1 atom stereocenters. The summed E-state index contributed by atoms with van der Waals surface area (Å²) in [6.07, 6.45) is 1.96. The smallest absolute Gasteiger partial charge is 0.174 e. The summed E-state index contributed by atoms with van der Waals surface area (Å²) < 4.78 is 4.96. The molecule has 0 aromatic carbocycles. The van der Waals surface area contributed by atoms with Gasteiger partial charge in [-0.1, -0.05) is 6.92 Å². The first-order valence-corrected chi connectivity index (χ1v) is 5.65. The molecular weight excluding hydrogens is 206 g/mol. The molecule has 6 heteroatoms. The second-order valence-corrected chi connectivity index (χ2v) is 4.04. The van der Waals surface area contributed by atoms with Crippen molar-refractivity contribution >= 4 is 0 Å². The molecule has 1 aromatic rings. The van der Waals surface area contributed by atoms with Crippen molar-refractivity contribution in [2.75, 3.05) is 26.8 Å². The van der Waals surface area contributed by atoms with Crippen LogP contribution >= 0.6 is 0 Å². The second kappa shape index (κ2) is 7.29. The van der Waals surface area contributed by atoms with Gasteiger partial charge < -0.3 is 10.1 Å². The number of aromatic nitrogens is 4. The lowest BCUT2D eigenvalue weighted by atomic mass is 10.1. The highest BCUT2D eigenvalue weighted by atomic mass is 16.5. The van der Waals surface area contributed by atoms with E-state index in [-0.39, 0.29) is 0 Å². The first-order valence-electron chi connectivity index (χ1n) is 5.65. The number of aryl methyl sites for hydroxylation is 2. The molecule has 0 radical (unpaired) electrons. The van der Waals surface area contributed by atoms with E-state index in [9.17, 15) is 0 Å². The first-order chi connectivity index (χ1) is 7.72. The molecule has 92 valence electrons. The Hall–Kier alpha value is -1.01. The molecule has 0 bridgehead atoms. The number of ether oxygens (including phenoxy) is 1. The van der Waals surface area contributed by atoms with Crippen molar-refractivity contribution < 1.29 is 4.74 Å². The minimum atomic E-state index is 0.612. The number of nitrogens with one attached hydrogen (secondary N) is 1. The summed E-state index contributed by atoms with van der Waals surface area (Å²) >= 11 is 0. The van der Waals surface area contributed by atoms with Crippen LogP contribution in [0.4, 0.5) is 0 Å². The molecule has 1 unspecified atom stereocenters. The summed E-state index contributed by atoms with van der Waals surface area (Å²) in [5.74, 6) is 1.44. The van der Waals surface area contributed by atoms with Gasteiger partial charge in [-0.3, -0.25) is 0 Å². The third-order valence-corrected chi connectivity index (χ3v) is 2.39. The van der Waals surface area contributed by atoms with Gasteiger partial charge in [0.15, 0.2) is 5.82 Å². The Morgan fingerprint density at radius 3 is 2.94 bits per heavy atom. The zero-order chi connectivity index (χ0) is 11.8. The van der Waals surface area contributed by atoms with E-state index in [2.05, 4.69) is 27.7 Å². The van der Waals surface area contributed by atoms with Crippen molar-refractivity contribution in [2.24, 2.45) is 13.0 Å². The van der Waals surface area contributed by atoms with Crippen LogP contribution < -0.4 is 5.32 Å². The highest BCUT2D eigenvalue weighted by Gasteiger charge is 2.05. The molecule has 0 spiro atoms. The monoisotopic (exact) mass is 227 g/mol. The Morgan fingerprint density at radius 2 is 2.31 bits per heavy atom. The van der Waals surface area contributed by atoms with Crippen LogP contribution in [0.3, 0.4) is 0 Å². The molecule has 0 fully saturated rings. The molecule has 0 aliphatic heterocycles. The number of nitrogens with zero attached hydrogens (tertiary/aromatic N) is 4. The number of methoxy groups -OCH3 is 1. The first kappa shape index (κ1) is 13.1. The zero-order valence-corrected chi connectivity index (χ0v) is 10.3. The second-order valence-electron chi connectivity index (χ2n) is 4.04. The Kier molecular flexibility index (Phi) is 5.95. The lowest BCUT2D eigenvalue weighted by Gasteiger charge is -2.10. The number of hydrogen-bond acceptors (Lipinski definition) is 5. The van der Waals surface area contributed by atoms with Crippen LogP contribution in [-0.4, -0.2) is 47.0 Å². The predicted molar refractivity (Wildman–Crippen MR) is 61.0 cm³/mol. The standard InChI is InChI=1S/C10H21N5O/c1-9(8-11-6-7-16-3)4-5-10-12-14-15(2)13-10/h9,11H,4-8H2,1-3H3. The quantitative estimate of drug-likeness (QED) is 0.634. The normalized spacial score (nSPS) is 12.9. The van der Waals surface area contributed by atoms with Crippen molar-refractivity contribution in [1.29, 1.82) is 0 Å². The van der Waals surface area contributed by atoms with E-state index < -0.39 is 0 Å². The van der Waals surface area contributed by atoms with E-state index in [0.717, 1.165) is 38.4 Å². The average molecular weight is 227 g/mol. The molecule has 0 amide bonds. The molecule has 16 heavy (non-hydrogen) atoms. The van der Waals surface area contributed by atoms with Crippen LogP contribution in [-0.2, 0) is 18.2 Å². The van der Waals surface area contributed by atoms with Gasteiger partial charge in [0.1, 0.15) is 0 Å². The summed E-state index contributed by atoms with van der Waals surface area (Å²) in [6, 6.07) is 0. The van der Waals surface area contributed by atoms with Gasteiger partial charge in [-0.15, -0.1) is 10.2 Å². The van der Waals surface area contributed by atoms with Gasteiger partial charge >= 0.3 is 0 Å². The minimum Gasteiger partial charge on any atom is -0.383 e. The lowest BCUT2D eigenvalue weighted by Crippen LogP contribution is -2.25. The van der Waals surface area contributed by atoms with Crippen LogP contribution in [0.2, 0.25) is 0 Å². The summed E-state index contributed by atoms with van der Waals surface area (Å²) in [6.45, 7) is 4.89. The van der Waals surface area contributed by atoms with E-state index in [1.54, 1.807) is 14.2 Å². The van der Waals surface area contributed by atoms with Gasteiger partial charge in [0.25, 0.3) is 0 Å². The molecule has 1 N–H and O–H groups in total. The third-order valence-electron chi connectivity index (χ3n) is 2.39. The van der Waals surface area contributed by atoms with Gasteiger partial charge in [-0.25, -0.2) is 0 Å². The van der Waals surface area contributed by atoms with Crippen molar-refractivity contribution in [2.45, 2.75) is 19.8 Å². The molecule has 6 nitrogen and oxygen atoms in total. The van der Waals surface area contributed by atoms with Gasteiger partial charge in [0.05, 0.1) is 13.7 Å². The van der Waals surface area contributed by atoms with Crippen molar-refractivity contribution in [3.8, 4) is 0 Å². The summed E-state index contributed by atoms with van der Waals surface area (Å²) in [5, 5.41) is 15.3. The van der Waals surface area contributed by atoms with Crippen LogP contribution in [0.15, 0.2) is 0 Å². The van der Waals surface area contributed by atoms with Crippen molar-refractivity contribution in [3.05, 3.63) is 5.82 Å². The zero-order valence-electron chi connectivity index (χ0n) is 10.3. The fourth-order valence-electron chi connectivity index (χ4n) is 1.42. The van der Waals surface area contributed by atoms with Crippen LogP contribution in [0.25, 0.3) is 0 Å². The number of tetrazole rings is 1. The Balaban J connectivity index is 2.08. The van der Waals surface area contributed by atoms with Gasteiger partial charge in [0.2, 0.25) is 0 Å². The molecule has 1 heterocycles. The fraction of sp³-hybridized carbons (Fsp3) is 0.900. The number of rotatable bonds is 8. The average Bonchev–Trinajstić information content (AvgIpc) is 2.68. The van der Waals surface area contributed by atoms with Crippen LogP contribution in [0.5, 0.6) is 0 Å². The van der Waals surface area contributed by atoms with Crippen molar-refractivity contribution in [3.63, 3.8) is 0 Å². The van der Waals surface area contributed by atoms with Crippen LogP contribution in [0.1, 0.15) is 19.2 Å². The van der Waals surface area contributed by atoms with E-state index in [1.807, 2.05) is 0 Å². The van der Waals surface area contributed by atoms with E-state index >= 15 is 0 Å². The molecule has 0 saturated heterocycles. The summed E-state index contributed by atoms with van der Waals surface area (Å²) in [7, 11) is 3.50. The third kappa shape index (κ3) is 5.18. The maximum atomic E-state index is 4.96. The molecule has 0 aliphatic rings. The maximum absolute atomic E-state index is 4.96. The van der Waals surface area contributed by atoms with Gasteiger partial charge in [-0.2, -0.15) is 4.80 Å². The Morgan fingerprint density at radius 1 is 1.50 bits per heavy atom. The topological polar surface area (TPSA) is 64.9 Å². The molecular formula is C10H21N5O. The lowest BCUT2D eigenvalue weighted by molar-refractivity contribution is 0.198. The SMILES string of the molecule is COCCNCC(C)CCc1nnn(C)n1. The highest BCUT2D eigenvalue weighted by molar-refractivity contribution is 4.77. The number of hydrogen-bond donors (Lipinski definition) is 1. The van der Waals surface area contributed by atoms with Gasteiger partial charge in [-0.05, 0) is 24.1 Å². The largest absolute Gasteiger partial charge is 0.383 e. The molecule has 0 saturated carbocycles. The van der Waals surface area contributed by atoms with E-state index in [4.69, 9.17) is 4.74 Å². The van der Waals surface area contributed by atoms with E-state index in [1.165, 1.54) is 4.80 Å². The summed E-state index contributed by atoms with van der Waals surface area (Å²) in [5.41, 5.74) is 0. The predicted octanol–water partition coefficient (Wildman–Crippen LogP) is 0.0148. The molecule has 1 aromatic heterocycles. The van der Waals surface area contributed by atoms with Crippen LogP contribution in [0, 0.1) is 5.92 Å². The Bertz CT molecular complexity index is 288. The van der Waals surface area contributed by atoms with Crippen molar-refractivity contribution in [1.82, 2.24) is 25.5 Å². The van der Waals surface area contributed by atoms with E-state index in [0.29, 0.717) is 5.92 Å². The minimum absolute atomic E-state index is 0.612. The molecule has 0 aliphatic carbocycles. The van der Waals surface area contributed by atoms with Gasteiger partial charge in [0, 0.05) is 20.1 Å². The fourth-order valence-corrected chi connectivity index (χ4v) is 1.42. The Labute approximate surface area is 96.4 Å². The molecule has 1 rings (SSSR count). The highest BCUT2D eigenvalue weighted by Crippen LogP contribution is 2.04. The maximum Gasteiger partial charge on any atom is 0.174 e.